The zero-order valence-electron chi connectivity index (χ0n) is 9.75. The Morgan fingerprint density at radius 3 is 2.57 bits per heavy atom. The van der Waals surface area contributed by atoms with Gasteiger partial charge in [0.15, 0.2) is 0 Å². The zero-order valence-corrected chi connectivity index (χ0v) is 9.75. The van der Waals surface area contributed by atoms with Gasteiger partial charge in [-0.1, -0.05) is 0 Å². The zero-order chi connectivity index (χ0) is 10.2. The quantitative estimate of drug-likeness (QED) is 0.673. The molecular weight excluding hydrogens is 174 g/mol. The van der Waals surface area contributed by atoms with E-state index < -0.39 is 0 Å². The Labute approximate surface area is 87.6 Å². The smallest absolute Gasteiger partial charge is 0.0695 e. The molecule has 0 radical (unpaired) electrons. The molecule has 0 aromatic carbocycles. The van der Waals surface area contributed by atoms with Gasteiger partial charge in [-0.2, -0.15) is 0 Å². The van der Waals surface area contributed by atoms with E-state index in [1.807, 2.05) is 0 Å². The Morgan fingerprint density at radius 2 is 2.00 bits per heavy atom. The number of nitrogens with zero attached hydrogens (tertiary/aromatic N) is 1. The molecule has 1 heterocycles. The SMILES string of the molecule is CC(C)N1CCOC(C)(C2CC2)CC1. The molecule has 0 amide bonds. The molecule has 2 fully saturated rings. The van der Waals surface area contributed by atoms with Crippen molar-refractivity contribution >= 4 is 0 Å². The van der Waals surface area contributed by atoms with Crippen molar-refractivity contribution in [2.24, 2.45) is 5.92 Å². The summed E-state index contributed by atoms with van der Waals surface area (Å²) in [5.41, 5.74) is 0.198. The van der Waals surface area contributed by atoms with Crippen molar-refractivity contribution in [3.05, 3.63) is 0 Å². The molecule has 0 aromatic heterocycles. The van der Waals surface area contributed by atoms with Gasteiger partial charge in [0.2, 0.25) is 0 Å². The van der Waals surface area contributed by atoms with Gasteiger partial charge in [-0.05, 0) is 46.0 Å². The molecule has 0 aromatic rings. The van der Waals surface area contributed by atoms with Crippen LogP contribution in [0.1, 0.15) is 40.0 Å². The first-order chi connectivity index (χ1) is 6.62. The summed E-state index contributed by atoms with van der Waals surface area (Å²) in [6.07, 6.45) is 3.99. The number of rotatable bonds is 2. The summed E-state index contributed by atoms with van der Waals surface area (Å²) >= 11 is 0. The lowest BCUT2D eigenvalue weighted by molar-refractivity contribution is -0.0406. The van der Waals surface area contributed by atoms with E-state index in [0.717, 1.165) is 19.1 Å². The lowest BCUT2D eigenvalue weighted by Gasteiger charge is -2.28. The summed E-state index contributed by atoms with van der Waals surface area (Å²) in [5, 5.41) is 0. The molecule has 2 aliphatic rings. The van der Waals surface area contributed by atoms with Gasteiger partial charge in [-0.15, -0.1) is 0 Å². The van der Waals surface area contributed by atoms with Crippen LogP contribution < -0.4 is 0 Å². The van der Waals surface area contributed by atoms with Crippen molar-refractivity contribution < 1.29 is 4.74 Å². The summed E-state index contributed by atoms with van der Waals surface area (Å²) in [4.78, 5) is 2.54. The minimum absolute atomic E-state index is 0.198. The second-order valence-electron chi connectivity index (χ2n) is 5.32. The lowest BCUT2D eigenvalue weighted by Crippen LogP contribution is -2.34. The van der Waals surface area contributed by atoms with Crippen LogP contribution in [-0.4, -0.2) is 36.2 Å². The summed E-state index contributed by atoms with van der Waals surface area (Å²) < 4.78 is 6.05. The van der Waals surface area contributed by atoms with Crippen LogP contribution in [0.5, 0.6) is 0 Å². The number of hydrogen-bond acceptors (Lipinski definition) is 2. The third-order valence-electron chi connectivity index (χ3n) is 3.88. The average molecular weight is 197 g/mol. The van der Waals surface area contributed by atoms with E-state index in [0.29, 0.717) is 6.04 Å². The average Bonchev–Trinajstić information content (AvgIpc) is 2.88. The summed E-state index contributed by atoms with van der Waals surface area (Å²) in [5.74, 6) is 0.856. The van der Waals surface area contributed by atoms with E-state index in [4.69, 9.17) is 4.74 Å². The van der Waals surface area contributed by atoms with Gasteiger partial charge in [-0.3, -0.25) is 4.90 Å². The van der Waals surface area contributed by atoms with Crippen molar-refractivity contribution in [1.82, 2.24) is 4.90 Å². The second kappa shape index (κ2) is 3.82. The largest absolute Gasteiger partial charge is 0.374 e. The Morgan fingerprint density at radius 1 is 1.29 bits per heavy atom. The molecule has 0 spiro atoms. The molecule has 82 valence electrons. The Kier molecular flexibility index (Phi) is 2.85. The van der Waals surface area contributed by atoms with E-state index in [1.54, 1.807) is 0 Å². The molecule has 0 N–H and O–H groups in total. The highest BCUT2D eigenvalue weighted by Crippen LogP contribution is 2.44. The summed E-state index contributed by atoms with van der Waals surface area (Å²) in [6.45, 7) is 10.1. The first-order valence-corrected chi connectivity index (χ1v) is 6.00. The Balaban J connectivity index is 1.93. The van der Waals surface area contributed by atoms with Crippen molar-refractivity contribution in [2.75, 3.05) is 19.7 Å². The minimum Gasteiger partial charge on any atom is -0.374 e. The first-order valence-electron chi connectivity index (χ1n) is 6.00. The normalized spacial score (nSPS) is 36.0. The van der Waals surface area contributed by atoms with E-state index in [9.17, 15) is 0 Å². The first kappa shape index (κ1) is 10.4. The van der Waals surface area contributed by atoms with Gasteiger partial charge in [0, 0.05) is 19.1 Å². The molecule has 1 aliphatic carbocycles. The van der Waals surface area contributed by atoms with Gasteiger partial charge in [0.1, 0.15) is 0 Å². The van der Waals surface area contributed by atoms with Crippen molar-refractivity contribution in [3.63, 3.8) is 0 Å². The maximum atomic E-state index is 6.05. The molecule has 1 saturated heterocycles. The van der Waals surface area contributed by atoms with Gasteiger partial charge >= 0.3 is 0 Å². The maximum Gasteiger partial charge on any atom is 0.0695 e. The molecule has 2 nitrogen and oxygen atoms in total. The standard InChI is InChI=1S/C12H23NO/c1-10(2)13-7-6-12(3,11-4-5-11)14-9-8-13/h10-11H,4-9H2,1-3H3. The minimum atomic E-state index is 0.198. The van der Waals surface area contributed by atoms with Crippen LogP contribution in [-0.2, 0) is 4.74 Å². The predicted octanol–water partition coefficient (Wildman–Crippen LogP) is 2.29. The van der Waals surface area contributed by atoms with Crippen LogP contribution in [0, 0.1) is 5.92 Å². The fourth-order valence-corrected chi connectivity index (χ4v) is 2.48. The fraction of sp³-hybridized carbons (Fsp3) is 1.00. The lowest BCUT2D eigenvalue weighted by atomic mass is 9.96. The Bertz CT molecular complexity index is 200. The third-order valence-corrected chi connectivity index (χ3v) is 3.88. The van der Waals surface area contributed by atoms with Crippen molar-refractivity contribution in [3.8, 4) is 0 Å². The highest BCUT2D eigenvalue weighted by Gasteiger charge is 2.43. The van der Waals surface area contributed by atoms with Crippen LogP contribution >= 0.6 is 0 Å². The maximum absolute atomic E-state index is 6.05. The van der Waals surface area contributed by atoms with Crippen LogP contribution in [0.25, 0.3) is 0 Å². The monoisotopic (exact) mass is 197 g/mol. The Hall–Kier alpha value is -0.0800. The van der Waals surface area contributed by atoms with E-state index >= 15 is 0 Å². The number of ether oxygens (including phenoxy) is 1. The van der Waals surface area contributed by atoms with E-state index in [1.165, 1.54) is 25.8 Å². The summed E-state index contributed by atoms with van der Waals surface area (Å²) in [7, 11) is 0. The van der Waals surface area contributed by atoms with Crippen molar-refractivity contribution in [2.45, 2.75) is 51.7 Å². The van der Waals surface area contributed by atoms with Gasteiger partial charge in [0.05, 0.1) is 12.2 Å². The van der Waals surface area contributed by atoms with Crippen LogP contribution in [0.15, 0.2) is 0 Å². The molecule has 2 rings (SSSR count). The van der Waals surface area contributed by atoms with Crippen LogP contribution in [0.4, 0.5) is 0 Å². The highest BCUT2D eigenvalue weighted by atomic mass is 16.5. The molecule has 1 aliphatic heterocycles. The third kappa shape index (κ3) is 2.12. The van der Waals surface area contributed by atoms with Crippen molar-refractivity contribution in [1.29, 1.82) is 0 Å². The number of hydrogen-bond donors (Lipinski definition) is 0. The molecule has 1 saturated carbocycles. The molecule has 1 atom stereocenters. The van der Waals surface area contributed by atoms with Gasteiger partial charge in [-0.25, -0.2) is 0 Å². The highest BCUT2D eigenvalue weighted by molar-refractivity contribution is 4.94. The fourth-order valence-electron chi connectivity index (χ4n) is 2.48. The van der Waals surface area contributed by atoms with Crippen LogP contribution in [0.2, 0.25) is 0 Å². The van der Waals surface area contributed by atoms with Gasteiger partial charge in [0.25, 0.3) is 0 Å². The molecule has 0 bridgehead atoms. The topological polar surface area (TPSA) is 12.5 Å². The second-order valence-corrected chi connectivity index (χ2v) is 5.32. The van der Waals surface area contributed by atoms with E-state index in [-0.39, 0.29) is 5.60 Å². The predicted molar refractivity (Wildman–Crippen MR) is 58.4 cm³/mol. The summed E-state index contributed by atoms with van der Waals surface area (Å²) in [6, 6.07) is 0.667. The van der Waals surface area contributed by atoms with Crippen LogP contribution in [0.3, 0.4) is 0 Å². The molecule has 1 unspecified atom stereocenters. The van der Waals surface area contributed by atoms with Gasteiger partial charge < -0.3 is 4.74 Å². The molecule has 2 heteroatoms. The molecule has 14 heavy (non-hydrogen) atoms. The van der Waals surface area contributed by atoms with E-state index in [2.05, 4.69) is 25.7 Å². The molecular formula is C12H23NO.